The van der Waals surface area contributed by atoms with E-state index in [9.17, 15) is 9.90 Å². The summed E-state index contributed by atoms with van der Waals surface area (Å²) in [4.78, 5) is 15.0. The van der Waals surface area contributed by atoms with E-state index in [1.165, 1.54) is 11.3 Å². The maximum absolute atomic E-state index is 12.1. The highest BCUT2D eigenvalue weighted by atomic mass is 79.9. The lowest BCUT2D eigenvalue weighted by molar-refractivity contribution is 0.0714. The lowest BCUT2D eigenvalue weighted by Gasteiger charge is -2.33. The number of aliphatic hydroxyl groups excluding tert-OH is 1. The Labute approximate surface area is 114 Å². The summed E-state index contributed by atoms with van der Waals surface area (Å²) in [7, 11) is 0. The van der Waals surface area contributed by atoms with E-state index in [4.69, 9.17) is 0 Å². The molecule has 1 aliphatic rings. The largest absolute Gasteiger partial charge is 0.395 e. The Morgan fingerprint density at radius 3 is 3.06 bits per heavy atom. The van der Waals surface area contributed by atoms with E-state index in [2.05, 4.69) is 20.8 Å². The van der Waals surface area contributed by atoms with Gasteiger partial charge in [0.2, 0.25) is 0 Å². The zero-order valence-corrected chi connectivity index (χ0v) is 12.0. The summed E-state index contributed by atoms with van der Waals surface area (Å²) in [6.07, 6.45) is 3.27. The fourth-order valence-electron chi connectivity index (χ4n) is 2.22. The van der Waals surface area contributed by atoms with Gasteiger partial charge in [-0.15, -0.1) is 11.3 Å². The van der Waals surface area contributed by atoms with Crippen LogP contribution in [-0.4, -0.2) is 41.5 Å². The van der Waals surface area contributed by atoms with E-state index in [1.54, 1.807) is 0 Å². The van der Waals surface area contributed by atoms with E-state index in [0.29, 0.717) is 6.54 Å². The Morgan fingerprint density at radius 2 is 2.41 bits per heavy atom. The third-order valence-corrected chi connectivity index (χ3v) is 5.06. The van der Waals surface area contributed by atoms with Crippen molar-refractivity contribution in [1.82, 2.24) is 4.90 Å². The molecule has 0 amide bonds. The SMILES string of the molecule is O=C(CN1CCCCC1CO)c1sccc1Br. The number of aliphatic hydroxyl groups is 1. The fourth-order valence-corrected chi connectivity index (χ4v) is 3.75. The van der Waals surface area contributed by atoms with Crippen LogP contribution in [0.15, 0.2) is 15.9 Å². The third-order valence-electron chi connectivity index (χ3n) is 3.18. The van der Waals surface area contributed by atoms with Gasteiger partial charge < -0.3 is 5.11 Å². The van der Waals surface area contributed by atoms with Gasteiger partial charge in [-0.3, -0.25) is 9.69 Å². The number of likely N-dealkylation sites (tertiary alicyclic amines) is 1. The molecule has 1 aliphatic heterocycles. The molecule has 1 aromatic heterocycles. The van der Waals surface area contributed by atoms with Crippen LogP contribution in [0.5, 0.6) is 0 Å². The van der Waals surface area contributed by atoms with Crippen LogP contribution in [0.25, 0.3) is 0 Å². The molecule has 94 valence electrons. The number of Topliss-reactive ketones (excluding diaryl/α,β-unsaturated/α-hetero) is 1. The summed E-state index contributed by atoms with van der Waals surface area (Å²) in [5.41, 5.74) is 0. The van der Waals surface area contributed by atoms with Crippen LogP contribution in [0.4, 0.5) is 0 Å². The van der Waals surface area contributed by atoms with E-state index < -0.39 is 0 Å². The predicted octanol–water partition coefficient (Wildman–Crippen LogP) is 2.54. The number of piperidine rings is 1. The first-order valence-corrected chi connectivity index (χ1v) is 7.50. The van der Waals surface area contributed by atoms with Crippen molar-refractivity contribution in [2.45, 2.75) is 25.3 Å². The van der Waals surface area contributed by atoms with Gasteiger partial charge in [-0.25, -0.2) is 0 Å². The number of carbonyl (C=O) groups is 1. The van der Waals surface area contributed by atoms with Gasteiger partial charge in [-0.2, -0.15) is 0 Å². The Balaban J connectivity index is 2.00. The van der Waals surface area contributed by atoms with Crippen LogP contribution in [0, 0.1) is 0 Å². The highest BCUT2D eigenvalue weighted by molar-refractivity contribution is 9.10. The number of halogens is 1. The van der Waals surface area contributed by atoms with Crippen molar-refractivity contribution >= 4 is 33.0 Å². The third kappa shape index (κ3) is 3.16. The van der Waals surface area contributed by atoms with Gasteiger partial charge in [0.15, 0.2) is 5.78 Å². The van der Waals surface area contributed by atoms with Crippen LogP contribution < -0.4 is 0 Å². The average molecular weight is 318 g/mol. The summed E-state index contributed by atoms with van der Waals surface area (Å²) < 4.78 is 0.880. The molecule has 1 saturated heterocycles. The quantitative estimate of drug-likeness (QED) is 0.868. The van der Waals surface area contributed by atoms with Crippen molar-refractivity contribution in [3.05, 3.63) is 20.8 Å². The van der Waals surface area contributed by atoms with E-state index in [1.807, 2.05) is 11.4 Å². The monoisotopic (exact) mass is 317 g/mol. The molecule has 3 nitrogen and oxygen atoms in total. The molecule has 1 unspecified atom stereocenters. The van der Waals surface area contributed by atoms with Crippen LogP contribution in [0.2, 0.25) is 0 Å². The molecule has 1 atom stereocenters. The zero-order chi connectivity index (χ0) is 12.3. The second kappa shape index (κ2) is 6.09. The van der Waals surface area contributed by atoms with E-state index in [-0.39, 0.29) is 18.4 Å². The molecular weight excluding hydrogens is 302 g/mol. The molecule has 17 heavy (non-hydrogen) atoms. The minimum atomic E-state index is 0.146. The minimum absolute atomic E-state index is 0.146. The van der Waals surface area contributed by atoms with Crippen molar-refractivity contribution in [2.75, 3.05) is 19.7 Å². The summed E-state index contributed by atoms with van der Waals surface area (Å²) in [6.45, 7) is 1.49. The number of nitrogens with zero attached hydrogens (tertiary/aromatic N) is 1. The molecule has 5 heteroatoms. The number of carbonyl (C=O) groups excluding carboxylic acids is 1. The summed E-state index contributed by atoms with van der Waals surface area (Å²) in [5, 5.41) is 11.2. The molecule has 0 aliphatic carbocycles. The zero-order valence-electron chi connectivity index (χ0n) is 9.56. The minimum Gasteiger partial charge on any atom is -0.395 e. The van der Waals surface area contributed by atoms with Gasteiger partial charge in [0.05, 0.1) is 18.0 Å². The van der Waals surface area contributed by atoms with Crippen LogP contribution in [0.3, 0.4) is 0 Å². The number of hydrogen-bond acceptors (Lipinski definition) is 4. The Bertz CT molecular complexity index is 394. The van der Waals surface area contributed by atoms with E-state index in [0.717, 1.165) is 35.2 Å². The standard InChI is InChI=1S/C12H16BrNO2S/c13-10-4-6-17-12(10)11(16)7-14-5-2-1-3-9(14)8-15/h4,6,9,15H,1-3,5,7-8H2. The molecule has 0 aromatic carbocycles. The van der Waals surface area contributed by atoms with Crippen molar-refractivity contribution in [1.29, 1.82) is 0 Å². The van der Waals surface area contributed by atoms with Crippen molar-refractivity contribution in [3.63, 3.8) is 0 Å². The normalized spacial score (nSPS) is 21.6. The second-order valence-corrected chi connectivity index (χ2v) is 6.09. The molecule has 1 N–H and O–H groups in total. The smallest absolute Gasteiger partial charge is 0.187 e. The molecule has 1 fully saturated rings. The first-order valence-electron chi connectivity index (χ1n) is 5.83. The van der Waals surface area contributed by atoms with Crippen molar-refractivity contribution in [2.24, 2.45) is 0 Å². The molecule has 1 aromatic rings. The van der Waals surface area contributed by atoms with Gasteiger partial charge in [-0.1, -0.05) is 6.42 Å². The highest BCUT2D eigenvalue weighted by Gasteiger charge is 2.24. The first kappa shape index (κ1) is 13.2. The van der Waals surface area contributed by atoms with Crippen LogP contribution in [-0.2, 0) is 0 Å². The molecule has 0 spiro atoms. The first-order chi connectivity index (χ1) is 8.22. The second-order valence-electron chi connectivity index (χ2n) is 4.32. The molecular formula is C12H16BrNO2S. The molecule has 0 saturated carbocycles. The van der Waals surface area contributed by atoms with Crippen LogP contribution in [0.1, 0.15) is 28.9 Å². The number of ketones is 1. The highest BCUT2D eigenvalue weighted by Crippen LogP contribution is 2.24. The van der Waals surface area contributed by atoms with Gasteiger partial charge in [0.25, 0.3) is 0 Å². The maximum Gasteiger partial charge on any atom is 0.187 e. The van der Waals surface area contributed by atoms with Crippen LogP contribution >= 0.6 is 27.3 Å². The van der Waals surface area contributed by atoms with Gasteiger partial charge >= 0.3 is 0 Å². The van der Waals surface area contributed by atoms with Crippen molar-refractivity contribution < 1.29 is 9.90 Å². The summed E-state index contributed by atoms with van der Waals surface area (Å²) in [6, 6.07) is 2.06. The van der Waals surface area contributed by atoms with Crippen molar-refractivity contribution in [3.8, 4) is 0 Å². The maximum atomic E-state index is 12.1. The predicted molar refractivity (Wildman–Crippen MR) is 72.6 cm³/mol. The summed E-state index contributed by atoms with van der Waals surface area (Å²) >= 11 is 4.86. The van der Waals surface area contributed by atoms with E-state index >= 15 is 0 Å². The Hall–Kier alpha value is -0.230. The molecule has 0 radical (unpaired) electrons. The molecule has 2 rings (SSSR count). The van der Waals surface area contributed by atoms with Gasteiger partial charge in [0, 0.05) is 10.5 Å². The number of thiophene rings is 1. The fraction of sp³-hybridized carbons (Fsp3) is 0.583. The number of hydrogen-bond donors (Lipinski definition) is 1. The van der Waals surface area contributed by atoms with Gasteiger partial charge in [0.1, 0.15) is 0 Å². The lowest BCUT2D eigenvalue weighted by atomic mass is 10.0. The topological polar surface area (TPSA) is 40.5 Å². The lowest BCUT2D eigenvalue weighted by Crippen LogP contribution is -2.44. The Morgan fingerprint density at radius 1 is 1.59 bits per heavy atom. The Kier molecular flexibility index (Phi) is 4.73. The van der Waals surface area contributed by atoms with Gasteiger partial charge in [-0.05, 0) is 46.8 Å². The summed E-state index contributed by atoms with van der Waals surface area (Å²) in [5.74, 6) is 0.146. The molecule has 0 bridgehead atoms. The molecule has 2 heterocycles. The average Bonchev–Trinajstić information content (AvgIpc) is 2.76. The number of rotatable bonds is 4.